The number of aromatic nitrogens is 2. The summed E-state index contributed by atoms with van der Waals surface area (Å²) in [5.41, 5.74) is 2.51. The van der Waals surface area contributed by atoms with Crippen molar-refractivity contribution >= 4 is 39.9 Å². The molecule has 7 nitrogen and oxygen atoms in total. The van der Waals surface area contributed by atoms with Gasteiger partial charge >= 0.3 is 0 Å². The molecule has 0 atom stereocenters. The number of nitro benzene ring substituents is 1. The van der Waals surface area contributed by atoms with Crippen LogP contribution in [0.1, 0.15) is 17.0 Å². The van der Waals surface area contributed by atoms with Crippen LogP contribution in [-0.4, -0.2) is 26.6 Å². The van der Waals surface area contributed by atoms with E-state index in [4.69, 9.17) is 0 Å². The predicted octanol–water partition coefficient (Wildman–Crippen LogP) is 4.19. The van der Waals surface area contributed by atoms with E-state index in [1.807, 2.05) is 31.2 Å². The van der Waals surface area contributed by atoms with Gasteiger partial charge in [0.05, 0.1) is 16.2 Å². The highest BCUT2D eigenvalue weighted by atomic mass is 32.2. The lowest BCUT2D eigenvalue weighted by molar-refractivity contribution is -0.384. The SMILES string of the molecule is Cc1nc(SCC(=O)Nc2c([N+](=O)[O-])ccc(C)c2C)c2ccccc2n1. The van der Waals surface area contributed by atoms with Crippen LogP contribution in [0.2, 0.25) is 0 Å². The van der Waals surface area contributed by atoms with Crippen LogP contribution in [0.3, 0.4) is 0 Å². The molecule has 27 heavy (non-hydrogen) atoms. The number of para-hydroxylation sites is 1. The van der Waals surface area contributed by atoms with E-state index in [0.717, 1.165) is 16.5 Å². The van der Waals surface area contributed by atoms with Crippen LogP contribution >= 0.6 is 11.8 Å². The average Bonchev–Trinajstić information content (AvgIpc) is 2.63. The van der Waals surface area contributed by atoms with Crippen molar-refractivity contribution in [2.24, 2.45) is 0 Å². The van der Waals surface area contributed by atoms with Gasteiger partial charge in [0, 0.05) is 11.5 Å². The third-order valence-corrected chi connectivity index (χ3v) is 5.19. The van der Waals surface area contributed by atoms with Crippen LogP contribution in [0.25, 0.3) is 10.9 Å². The summed E-state index contributed by atoms with van der Waals surface area (Å²) in [7, 11) is 0. The van der Waals surface area contributed by atoms with Gasteiger partial charge in [0.25, 0.3) is 5.69 Å². The molecule has 0 bridgehead atoms. The van der Waals surface area contributed by atoms with Gasteiger partial charge < -0.3 is 5.32 Å². The first-order valence-electron chi connectivity index (χ1n) is 8.27. The van der Waals surface area contributed by atoms with Gasteiger partial charge in [0.2, 0.25) is 5.91 Å². The molecule has 1 aromatic heterocycles. The van der Waals surface area contributed by atoms with Gasteiger partial charge in [-0.25, -0.2) is 9.97 Å². The summed E-state index contributed by atoms with van der Waals surface area (Å²) in [5.74, 6) is 0.393. The van der Waals surface area contributed by atoms with Crippen molar-refractivity contribution in [3.05, 3.63) is 63.5 Å². The zero-order valence-corrected chi connectivity index (χ0v) is 16.0. The van der Waals surface area contributed by atoms with Crippen molar-refractivity contribution in [1.29, 1.82) is 0 Å². The molecule has 0 radical (unpaired) electrons. The van der Waals surface area contributed by atoms with Gasteiger partial charge in [-0.1, -0.05) is 36.0 Å². The Morgan fingerprint density at radius 1 is 1.15 bits per heavy atom. The maximum atomic E-state index is 12.4. The second kappa shape index (κ2) is 7.71. The average molecular weight is 382 g/mol. The third-order valence-electron chi connectivity index (χ3n) is 4.20. The number of anilines is 1. The number of nitrogens with zero attached hydrogens (tertiary/aromatic N) is 3. The number of nitrogens with one attached hydrogen (secondary N) is 1. The van der Waals surface area contributed by atoms with E-state index < -0.39 is 4.92 Å². The first-order chi connectivity index (χ1) is 12.9. The Labute approximate surface area is 160 Å². The Bertz CT molecular complexity index is 1050. The summed E-state index contributed by atoms with van der Waals surface area (Å²) in [6.45, 7) is 5.40. The quantitative estimate of drug-likeness (QED) is 0.307. The van der Waals surface area contributed by atoms with E-state index in [1.54, 1.807) is 19.9 Å². The number of nitro groups is 1. The number of fused-ring (bicyclic) bond motifs is 1. The fraction of sp³-hybridized carbons (Fsp3) is 0.211. The highest BCUT2D eigenvalue weighted by Gasteiger charge is 2.19. The van der Waals surface area contributed by atoms with Crippen molar-refractivity contribution < 1.29 is 9.72 Å². The van der Waals surface area contributed by atoms with Crippen LogP contribution in [0.15, 0.2) is 41.4 Å². The summed E-state index contributed by atoms with van der Waals surface area (Å²) in [6, 6.07) is 10.7. The minimum absolute atomic E-state index is 0.0883. The van der Waals surface area contributed by atoms with Crippen molar-refractivity contribution in [3.63, 3.8) is 0 Å². The smallest absolute Gasteiger partial charge is 0.293 e. The number of thioether (sulfide) groups is 1. The standard InChI is InChI=1S/C19H18N4O3S/c1-11-8-9-16(23(25)26)18(12(11)2)22-17(24)10-27-19-14-6-4-5-7-15(14)20-13(3)21-19/h4-9H,10H2,1-3H3,(H,22,24). The summed E-state index contributed by atoms with van der Waals surface area (Å²) >= 11 is 1.28. The van der Waals surface area contributed by atoms with Gasteiger partial charge in [0.15, 0.2) is 0 Å². The minimum atomic E-state index is -0.490. The predicted molar refractivity (Wildman–Crippen MR) is 106 cm³/mol. The topological polar surface area (TPSA) is 98.0 Å². The number of hydrogen-bond acceptors (Lipinski definition) is 6. The third kappa shape index (κ3) is 4.06. The molecule has 3 rings (SSSR count). The van der Waals surface area contributed by atoms with Gasteiger partial charge in [-0.05, 0) is 38.0 Å². The van der Waals surface area contributed by atoms with Gasteiger partial charge in [-0.15, -0.1) is 0 Å². The summed E-state index contributed by atoms with van der Waals surface area (Å²) in [6.07, 6.45) is 0. The lowest BCUT2D eigenvalue weighted by Crippen LogP contribution is -2.16. The number of carbonyl (C=O) groups excluding carboxylic acids is 1. The van der Waals surface area contributed by atoms with Crippen molar-refractivity contribution in [2.75, 3.05) is 11.1 Å². The zero-order valence-electron chi connectivity index (χ0n) is 15.1. The molecule has 8 heteroatoms. The lowest BCUT2D eigenvalue weighted by Gasteiger charge is -2.11. The number of aryl methyl sites for hydroxylation is 2. The first-order valence-corrected chi connectivity index (χ1v) is 9.26. The Balaban J connectivity index is 1.81. The second-order valence-electron chi connectivity index (χ2n) is 6.09. The molecule has 1 amide bonds. The molecule has 0 fully saturated rings. The van der Waals surface area contributed by atoms with E-state index >= 15 is 0 Å². The number of benzene rings is 2. The molecule has 138 valence electrons. The van der Waals surface area contributed by atoms with Gasteiger partial charge in [-0.2, -0.15) is 0 Å². The molecule has 0 aliphatic rings. The number of rotatable bonds is 5. The normalized spacial score (nSPS) is 10.8. The first kappa shape index (κ1) is 18.8. The molecule has 2 aromatic carbocycles. The van der Waals surface area contributed by atoms with Crippen molar-refractivity contribution in [1.82, 2.24) is 9.97 Å². The van der Waals surface area contributed by atoms with Gasteiger partial charge in [-0.3, -0.25) is 14.9 Å². The largest absolute Gasteiger partial charge is 0.319 e. The highest BCUT2D eigenvalue weighted by Crippen LogP contribution is 2.31. The number of hydrogen-bond donors (Lipinski definition) is 1. The number of amides is 1. The molecule has 3 aromatic rings. The highest BCUT2D eigenvalue weighted by molar-refractivity contribution is 8.00. The van der Waals surface area contributed by atoms with E-state index in [2.05, 4.69) is 15.3 Å². The summed E-state index contributed by atoms with van der Waals surface area (Å²) in [5, 5.41) is 15.5. The van der Waals surface area contributed by atoms with E-state index in [1.165, 1.54) is 17.8 Å². The Kier molecular flexibility index (Phi) is 5.36. The molecule has 1 N–H and O–H groups in total. The van der Waals surface area contributed by atoms with Crippen LogP contribution in [0.4, 0.5) is 11.4 Å². The fourth-order valence-corrected chi connectivity index (χ4v) is 3.55. The molecule has 0 saturated carbocycles. The fourth-order valence-electron chi connectivity index (χ4n) is 2.69. The Morgan fingerprint density at radius 3 is 2.63 bits per heavy atom. The Hall–Kier alpha value is -3.00. The molecule has 0 spiro atoms. The van der Waals surface area contributed by atoms with Crippen LogP contribution in [0.5, 0.6) is 0 Å². The molecular formula is C19H18N4O3S. The van der Waals surface area contributed by atoms with Gasteiger partial charge in [0.1, 0.15) is 16.5 Å². The minimum Gasteiger partial charge on any atom is -0.319 e. The monoisotopic (exact) mass is 382 g/mol. The van der Waals surface area contributed by atoms with Crippen molar-refractivity contribution in [2.45, 2.75) is 25.8 Å². The Morgan fingerprint density at radius 2 is 1.89 bits per heavy atom. The maximum absolute atomic E-state index is 12.4. The molecule has 0 saturated heterocycles. The molecule has 0 unspecified atom stereocenters. The number of carbonyl (C=O) groups is 1. The lowest BCUT2D eigenvalue weighted by atomic mass is 10.1. The summed E-state index contributed by atoms with van der Waals surface area (Å²) < 4.78 is 0. The van der Waals surface area contributed by atoms with E-state index in [9.17, 15) is 14.9 Å². The maximum Gasteiger partial charge on any atom is 0.293 e. The van der Waals surface area contributed by atoms with Crippen LogP contribution in [0, 0.1) is 30.9 Å². The molecular weight excluding hydrogens is 364 g/mol. The van der Waals surface area contributed by atoms with Crippen LogP contribution in [-0.2, 0) is 4.79 Å². The van der Waals surface area contributed by atoms with Crippen molar-refractivity contribution in [3.8, 4) is 0 Å². The van der Waals surface area contributed by atoms with E-state index in [0.29, 0.717) is 16.4 Å². The molecule has 1 heterocycles. The van der Waals surface area contributed by atoms with E-state index in [-0.39, 0.29) is 23.0 Å². The molecule has 0 aliphatic heterocycles. The zero-order chi connectivity index (χ0) is 19.6. The summed E-state index contributed by atoms with van der Waals surface area (Å²) in [4.78, 5) is 32.0. The second-order valence-corrected chi connectivity index (χ2v) is 7.05. The molecule has 0 aliphatic carbocycles. The van der Waals surface area contributed by atoms with Crippen LogP contribution < -0.4 is 5.32 Å².